The molecule has 98 valence electrons. The van der Waals surface area contributed by atoms with E-state index in [1.54, 1.807) is 4.90 Å². The number of hydrogen-bond donors (Lipinski definition) is 2. The summed E-state index contributed by atoms with van der Waals surface area (Å²) in [4.78, 5) is 14.2. The van der Waals surface area contributed by atoms with Crippen LogP contribution in [0.5, 0.6) is 0 Å². The molecule has 1 aromatic carbocycles. The third kappa shape index (κ3) is 2.48. The molecule has 1 aliphatic heterocycles. The summed E-state index contributed by atoms with van der Waals surface area (Å²) in [5.41, 5.74) is 7.35. The first-order valence-corrected chi connectivity index (χ1v) is 6.40. The molecular weight excluding hydrogens is 228 g/mol. The molecule has 0 spiro atoms. The molecule has 1 saturated heterocycles. The Hall–Kier alpha value is -1.55. The van der Waals surface area contributed by atoms with Crippen molar-refractivity contribution in [3.63, 3.8) is 0 Å². The van der Waals surface area contributed by atoms with Crippen molar-refractivity contribution in [1.29, 1.82) is 0 Å². The number of carbonyl (C=O) groups is 1. The fourth-order valence-corrected chi connectivity index (χ4v) is 2.54. The van der Waals surface area contributed by atoms with E-state index < -0.39 is 0 Å². The molecule has 18 heavy (non-hydrogen) atoms. The molecule has 1 aromatic rings. The van der Waals surface area contributed by atoms with E-state index in [0.29, 0.717) is 5.69 Å². The predicted octanol–water partition coefficient (Wildman–Crippen LogP) is 1.36. The Bertz CT molecular complexity index is 434. The largest absolute Gasteiger partial charge is 0.399 e. The number of rotatable bonds is 3. The second-order valence-corrected chi connectivity index (χ2v) is 4.90. The Balaban J connectivity index is 2.13. The van der Waals surface area contributed by atoms with Gasteiger partial charge in [-0.15, -0.1) is 0 Å². The first-order chi connectivity index (χ1) is 8.63. The molecule has 4 heteroatoms. The van der Waals surface area contributed by atoms with Crippen molar-refractivity contribution in [2.75, 3.05) is 18.9 Å². The van der Waals surface area contributed by atoms with Gasteiger partial charge in [0.15, 0.2) is 0 Å². The molecule has 0 radical (unpaired) electrons. The molecule has 3 N–H and O–H groups in total. The highest BCUT2D eigenvalue weighted by Crippen LogP contribution is 2.25. The summed E-state index contributed by atoms with van der Waals surface area (Å²) in [5.74, 6) is -0.127. The number of benzene rings is 1. The SMILES string of the molecule is CC(C(=O)N1CCC[C@@H]1CO)c1cccc(N)c1. The second-order valence-electron chi connectivity index (χ2n) is 4.90. The molecule has 0 saturated carbocycles. The lowest BCUT2D eigenvalue weighted by Gasteiger charge is -2.26. The van der Waals surface area contributed by atoms with E-state index in [-0.39, 0.29) is 24.5 Å². The molecule has 1 amide bonds. The summed E-state index contributed by atoms with van der Waals surface area (Å²) < 4.78 is 0. The van der Waals surface area contributed by atoms with E-state index >= 15 is 0 Å². The summed E-state index contributed by atoms with van der Waals surface area (Å²) in [6, 6.07) is 7.42. The first kappa shape index (κ1) is 12.9. The van der Waals surface area contributed by atoms with Gasteiger partial charge in [0.05, 0.1) is 18.6 Å². The van der Waals surface area contributed by atoms with Gasteiger partial charge in [-0.1, -0.05) is 12.1 Å². The van der Waals surface area contributed by atoms with Crippen LogP contribution in [0.1, 0.15) is 31.2 Å². The van der Waals surface area contributed by atoms with Crippen LogP contribution in [0.2, 0.25) is 0 Å². The molecule has 1 unspecified atom stereocenters. The minimum Gasteiger partial charge on any atom is -0.399 e. The lowest BCUT2D eigenvalue weighted by Crippen LogP contribution is -2.39. The van der Waals surface area contributed by atoms with E-state index in [1.807, 2.05) is 31.2 Å². The van der Waals surface area contributed by atoms with Crippen molar-refractivity contribution in [2.45, 2.75) is 31.7 Å². The molecule has 0 aliphatic carbocycles. The number of aliphatic hydroxyl groups excluding tert-OH is 1. The standard InChI is InChI=1S/C14H20N2O2/c1-10(11-4-2-5-12(15)8-11)14(18)16-7-3-6-13(16)9-17/h2,4-5,8,10,13,17H,3,6-7,9,15H2,1H3/t10?,13-/m1/s1. The number of carbonyl (C=O) groups excluding carboxylic acids is 1. The summed E-state index contributed by atoms with van der Waals surface area (Å²) in [7, 11) is 0. The van der Waals surface area contributed by atoms with Gasteiger partial charge in [-0.3, -0.25) is 4.79 Å². The molecular formula is C14H20N2O2. The lowest BCUT2D eigenvalue weighted by molar-refractivity contribution is -0.133. The quantitative estimate of drug-likeness (QED) is 0.794. The van der Waals surface area contributed by atoms with Crippen LogP contribution < -0.4 is 5.73 Å². The van der Waals surface area contributed by atoms with Gasteiger partial charge in [-0.05, 0) is 37.5 Å². The minimum absolute atomic E-state index is 0.0130. The van der Waals surface area contributed by atoms with Gasteiger partial charge in [0.2, 0.25) is 5.91 Å². The van der Waals surface area contributed by atoms with Gasteiger partial charge in [-0.2, -0.15) is 0 Å². The molecule has 0 aromatic heterocycles. The Kier molecular flexibility index (Phi) is 3.87. The Morgan fingerprint density at radius 2 is 2.39 bits per heavy atom. The van der Waals surface area contributed by atoms with Crippen LogP contribution in [0.3, 0.4) is 0 Å². The van der Waals surface area contributed by atoms with Crippen LogP contribution in [0, 0.1) is 0 Å². The number of nitrogen functional groups attached to an aromatic ring is 1. The van der Waals surface area contributed by atoms with E-state index in [0.717, 1.165) is 24.9 Å². The van der Waals surface area contributed by atoms with Crippen molar-refractivity contribution >= 4 is 11.6 Å². The van der Waals surface area contributed by atoms with Crippen LogP contribution in [-0.2, 0) is 4.79 Å². The maximum absolute atomic E-state index is 12.4. The number of nitrogens with zero attached hydrogens (tertiary/aromatic N) is 1. The van der Waals surface area contributed by atoms with Gasteiger partial charge in [-0.25, -0.2) is 0 Å². The van der Waals surface area contributed by atoms with Crippen LogP contribution in [-0.4, -0.2) is 35.1 Å². The third-order valence-corrected chi connectivity index (χ3v) is 3.65. The van der Waals surface area contributed by atoms with E-state index in [4.69, 9.17) is 5.73 Å². The second kappa shape index (κ2) is 5.40. The summed E-state index contributed by atoms with van der Waals surface area (Å²) in [6.07, 6.45) is 1.87. The zero-order chi connectivity index (χ0) is 13.1. The number of anilines is 1. The fraction of sp³-hybridized carbons (Fsp3) is 0.500. The molecule has 2 atom stereocenters. The average Bonchev–Trinajstić information content (AvgIpc) is 2.85. The zero-order valence-corrected chi connectivity index (χ0v) is 10.7. The normalized spacial score (nSPS) is 21.0. The van der Waals surface area contributed by atoms with Crippen molar-refractivity contribution in [2.24, 2.45) is 0 Å². The van der Waals surface area contributed by atoms with Crippen molar-refractivity contribution in [1.82, 2.24) is 4.90 Å². The smallest absolute Gasteiger partial charge is 0.230 e. The number of amides is 1. The molecule has 2 rings (SSSR count). The molecule has 1 heterocycles. The van der Waals surface area contributed by atoms with Crippen LogP contribution >= 0.6 is 0 Å². The van der Waals surface area contributed by atoms with E-state index in [2.05, 4.69) is 0 Å². The first-order valence-electron chi connectivity index (χ1n) is 6.40. The predicted molar refractivity (Wildman–Crippen MR) is 71.1 cm³/mol. The number of hydrogen-bond acceptors (Lipinski definition) is 3. The summed E-state index contributed by atoms with van der Waals surface area (Å²) in [5, 5.41) is 9.27. The number of nitrogens with two attached hydrogens (primary N) is 1. The summed E-state index contributed by atoms with van der Waals surface area (Å²) >= 11 is 0. The van der Waals surface area contributed by atoms with E-state index in [9.17, 15) is 9.90 Å². The number of aliphatic hydroxyl groups is 1. The van der Waals surface area contributed by atoms with Crippen LogP contribution in [0.25, 0.3) is 0 Å². The molecule has 1 aliphatic rings. The lowest BCUT2D eigenvalue weighted by atomic mass is 9.99. The molecule has 0 bridgehead atoms. The summed E-state index contributed by atoms with van der Waals surface area (Å²) in [6.45, 7) is 2.69. The van der Waals surface area contributed by atoms with E-state index in [1.165, 1.54) is 0 Å². The van der Waals surface area contributed by atoms with Gasteiger partial charge in [0.25, 0.3) is 0 Å². The Labute approximate surface area is 107 Å². The monoisotopic (exact) mass is 248 g/mol. The highest BCUT2D eigenvalue weighted by molar-refractivity contribution is 5.84. The fourth-order valence-electron chi connectivity index (χ4n) is 2.54. The van der Waals surface area contributed by atoms with Gasteiger partial charge < -0.3 is 15.7 Å². The minimum atomic E-state index is -0.208. The Morgan fingerprint density at radius 1 is 1.61 bits per heavy atom. The van der Waals surface area contributed by atoms with Gasteiger partial charge in [0.1, 0.15) is 0 Å². The average molecular weight is 248 g/mol. The van der Waals surface area contributed by atoms with Crippen molar-refractivity contribution in [3.05, 3.63) is 29.8 Å². The topological polar surface area (TPSA) is 66.6 Å². The highest BCUT2D eigenvalue weighted by Gasteiger charge is 2.31. The number of likely N-dealkylation sites (tertiary alicyclic amines) is 1. The molecule has 4 nitrogen and oxygen atoms in total. The van der Waals surface area contributed by atoms with Crippen LogP contribution in [0.4, 0.5) is 5.69 Å². The maximum Gasteiger partial charge on any atom is 0.230 e. The Morgan fingerprint density at radius 3 is 3.06 bits per heavy atom. The van der Waals surface area contributed by atoms with Crippen LogP contribution in [0.15, 0.2) is 24.3 Å². The molecule has 1 fully saturated rings. The van der Waals surface area contributed by atoms with Crippen molar-refractivity contribution < 1.29 is 9.90 Å². The van der Waals surface area contributed by atoms with Gasteiger partial charge in [0, 0.05) is 12.2 Å². The zero-order valence-electron chi connectivity index (χ0n) is 10.7. The third-order valence-electron chi connectivity index (χ3n) is 3.65. The maximum atomic E-state index is 12.4. The van der Waals surface area contributed by atoms with Crippen molar-refractivity contribution in [3.8, 4) is 0 Å². The highest BCUT2D eigenvalue weighted by atomic mass is 16.3. The van der Waals surface area contributed by atoms with Gasteiger partial charge >= 0.3 is 0 Å².